The highest BCUT2D eigenvalue weighted by atomic mass is 16.5. The van der Waals surface area contributed by atoms with Crippen molar-refractivity contribution in [1.29, 1.82) is 0 Å². The van der Waals surface area contributed by atoms with E-state index in [-0.39, 0.29) is 11.9 Å². The van der Waals surface area contributed by atoms with E-state index in [0.29, 0.717) is 18.7 Å². The Kier molecular flexibility index (Phi) is 3.56. The van der Waals surface area contributed by atoms with E-state index >= 15 is 0 Å². The zero-order chi connectivity index (χ0) is 13.2. The molecule has 0 amide bonds. The van der Waals surface area contributed by atoms with Gasteiger partial charge >= 0.3 is 5.97 Å². The topological polar surface area (TPSA) is 29.5 Å². The van der Waals surface area contributed by atoms with Crippen LogP contribution in [0.3, 0.4) is 0 Å². The van der Waals surface area contributed by atoms with Crippen LogP contribution in [0.2, 0.25) is 0 Å². The second-order valence-electron chi connectivity index (χ2n) is 5.47. The minimum atomic E-state index is -0.00201. The van der Waals surface area contributed by atoms with Gasteiger partial charge in [0.25, 0.3) is 0 Å². The highest BCUT2D eigenvalue weighted by molar-refractivity contribution is 5.74. The van der Waals surface area contributed by atoms with Crippen LogP contribution >= 0.6 is 0 Å². The van der Waals surface area contributed by atoms with E-state index in [2.05, 4.69) is 29.2 Å². The Hall–Kier alpha value is -1.35. The molecule has 1 aromatic carbocycles. The Morgan fingerprint density at radius 2 is 2.16 bits per heavy atom. The van der Waals surface area contributed by atoms with Gasteiger partial charge in [0.05, 0.1) is 12.5 Å². The fourth-order valence-corrected chi connectivity index (χ4v) is 3.67. The first kappa shape index (κ1) is 12.7. The number of rotatable bonds is 3. The van der Waals surface area contributed by atoms with Gasteiger partial charge in [-0.05, 0) is 38.3 Å². The molecule has 0 radical (unpaired) electrons. The number of benzene rings is 1. The fourth-order valence-electron chi connectivity index (χ4n) is 3.67. The van der Waals surface area contributed by atoms with Crippen LogP contribution < -0.4 is 0 Å². The van der Waals surface area contributed by atoms with Gasteiger partial charge in [-0.15, -0.1) is 0 Å². The minimum Gasteiger partial charge on any atom is -0.466 e. The second kappa shape index (κ2) is 5.33. The molecule has 0 unspecified atom stereocenters. The molecule has 2 saturated heterocycles. The minimum absolute atomic E-state index is 0.00201. The summed E-state index contributed by atoms with van der Waals surface area (Å²) < 4.78 is 5.25. The van der Waals surface area contributed by atoms with Gasteiger partial charge in [0.1, 0.15) is 0 Å². The summed E-state index contributed by atoms with van der Waals surface area (Å²) in [5, 5.41) is 0. The summed E-state index contributed by atoms with van der Waals surface area (Å²) in [5.74, 6) is 0.0606. The molecule has 2 heterocycles. The lowest BCUT2D eigenvalue weighted by Crippen LogP contribution is -2.31. The number of ether oxygens (including phenoxy) is 1. The molecule has 1 aromatic rings. The van der Waals surface area contributed by atoms with Crippen molar-refractivity contribution >= 4 is 5.97 Å². The molecule has 19 heavy (non-hydrogen) atoms. The number of esters is 1. The maximum Gasteiger partial charge on any atom is 0.310 e. The monoisotopic (exact) mass is 259 g/mol. The lowest BCUT2D eigenvalue weighted by atomic mass is 9.94. The van der Waals surface area contributed by atoms with Crippen LogP contribution in [-0.4, -0.2) is 30.1 Å². The second-order valence-corrected chi connectivity index (χ2v) is 5.47. The molecular weight excluding hydrogens is 238 g/mol. The number of fused-ring (bicyclic) bond motifs is 1. The van der Waals surface area contributed by atoms with Crippen molar-refractivity contribution in [3.05, 3.63) is 35.9 Å². The molecule has 3 rings (SSSR count). The Labute approximate surface area is 114 Å². The van der Waals surface area contributed by atoms with Gasteiger partial charge in [-0.2, -0.15) is 0 Å². The zero-order valence-electron chi connectivity index (χ0n) is 11.4. The van der Waals surface area contributed by atoms with Gasteiger partial charge in [0, 0.05) is 12.1 Å². The maximum absolute atomic E-state index is 12.1. The summed E-state index contributed by atoms with van der Waals surface area (Å²) in [5.41, 5.74) is 1.33. The maximum atomic E-state index is 12.1. The first-order valence-electron chi connectivity index (χ1n) is 7.28. The van der Waals surface area contributed by atoms with Crippen molar-refractivity contribution in [3.63, 3.8) is 0 Å². The van der Waals surface area contributed by atoms with Crippen molar-refractivity contribution in [2.75, 3.05) is 13.2 Å². The molecule has 0 N–H and O–H groups in total. The predicted molar refractivity (Wildman–Crippen MR) is 73.7 cm³/mol. The van der Waals surface area contributed by atoms with Gasteiger partial charge in [-0.3, -0.25) is 9.69 Å². The van der Waals surface area contributed by atoms with E-state index in [1.807, 2.05) is 13.0 Å². The molecule has 3 heteroatoms. The third-order valence-electron chi connectivity index (χ3n) is 4.46. The smallest absolute Gasteiger partial charge is 0.310 e. The number of carbonyl (C=O) groups is 1. The van der Waals surface area contributed by atoms with Gasteiger partial charge < -0.3 is 4.74 Å². The van der Waals surface area contributed by atoms with E-state index in [9.17, 15) is 4.79 Å². The fraction of sp³-hybridized carbons (Fsp3) is 0.562. The Morgan fingerprint density at radius 1 is 1.37 bits per heavy atom. The number of hydrogen-bond donors (Lipinski definition) is 0. The van der Waals surface area contributed by atoms with Crippen molar-refractivity contribution < 1.29 is 9.53 Å². The van der Waals surface area contributed by atoms with Crippen LogP contribution in [-0.2, 0) is 9.53 Å². The summed E-state index contributed by atoms with van der Waals surface area (Å²) in [6.45, 7) is 3.48. The molecule has 0 aromatic heterocycles. The van der Waals surface area contributed by atoms with Gasteiger partial charge in [0.15, 0.2) is 0 Å². The van der Waals surface area contributed by atoms with Crippen molar-refractivity contribution in [2.24, 2.45) is 5.92 Å². The van der Waals surface area contributed by atoms with E-state index in [1.54, 1.807) is 0 Å². The largest absolute Gasteiger partial charge is 0.466 e. The van der Waals surface area contributed by atoms with Gasteiger partial charge in [-0.25, -0.2) is 0 Å². The molecule has 0 bridgehead atoms. The van der Waals surface area contributed by atoms with E-state index in [0.717, 1.165) is 19.4 Å². The molecule has 0 spiro atoms. The van der Waals surface area contributed by atoms with Crippen LogP contribution in [0.15, 0.2) is 30.3 Å². The van der Waals surface area contributed by atoms with Crippen LogP contribution in [0.1, 0.15) is 37.8 Å². The molecule has 2 aliphatic heterocycles. The van der Waals surface area contributed by atoms with E-state index < -0.39 is 0 Å². The summed E-state index contributed by atoms with van der Waals surface area (Å²) in [6, 6.07) is 11.3. The van der Waals surface area contributed by atoms with Crippen LogP contribution in [0.25, 0.3) is 0 Å². The lowest BCUT2D eigenvalue weighted by molar-refractivity contribution is -0.148. The van der Waals surface area contributed by atoms with Gasteiger partial charge in [0.2, 0.25) is 0 Å². The summed E-state index contributed by atoms with van der Waals surface area (Å²) in [4.78, 5) is 14.6. The lowest BCUT2D eigenvalue weighted by Gasteiger charge is -2.24. The molecule has 3 nitrogen and oxygen atoms in total. The van der Waals surface area contributed by atoms with Crippen molar-refractivity contribution in [3.8, 4) is 0 Å². The number of nitrogens with zero attached hydrogens (tertiary/aromatic N) is 1. The van der Waals surface area contributed by atoms with E-state index in [4.69, 9.17) is 4.74 Å². The third kappa shape index (κ3) is 2.27. The Morgan fingerprint density at radius 3 is 2.89 bits per heavy atom. The molecule has 0 aliphatic carbocycles. The average Bonchev–Trinajstić information content (AvgIpc) is 3.01. The van der Waals surface area contributed by atoms with Crippen molar-refractivity contribution in [1.82, 2.24) is 4.90 Å². The highest BCUT2D eigenvalue weighted by Gasteiger charge is 2.47. The summed E-state index contributed by atoms with van der Waals surface area (Å²) >= 11 is 0. The third-order valence-corrected chi connectivity index (χ3v) is 4.46. The molecule has 3 atom stereocenters. The van der Waals surface area contributed by atoms with Gasteiger partial charge in [-0.1, -0.05) is 30.3 Å². The molecule has 102 valence electrons. The zero-order valence-corrected chi connectivity index (χ0v) is 11.4. The summed E-state index contributed by atoms with van der Waals surface area (Å²) in [6.07, 6.45) is 3.24. The average molecular weight is 259 g/mol. The standard InChI is InChI=1S/C16H21NO2/c1-2-19-16(18)13-11-15(12-7-4-3-5-8-12)17-10-6-9-14(13)17/h3-5,7-8,13-15H,2,6,9-11H2,1H3/t13-,14-,15-/m1/s1. The number of hydrogen-bond acceptors (Lipinski definition) is 3. The molecule has 2 fully saturated rings. The molecule has 0 saturated carbocycles. The van der Waals surface area contributed by atoms with Crippen LogP contribution in [0.5, 0.6) is 0 Å². The predicted octanol–water partition coefficient (Wildman–Crippen LogP) is 2.78. The number of carbonyl (C=O) groups excluding carboxylic acids is 1. The molecule has 2 aliphatic rings. The summed E-state index contributed by atoms with van der Waals surface area (Å²) in [7, 11) is 0. The SMILES string of the molecule is CCOC(=O)[C@@H]1C[C@H](c2ccccc2)N2CCC[C@H]12. The first-order chi connectivity index (χ1) is 9.31. The van der Waals surface area contributed by atoms with Crippen LogP contribution in [0, 0.1) is 5.92 Å². The highest BCUT2D eigenvalue weighted by Crippen LogP contribution is 2.45. The normalized spacial score (nSPS) is 30.3. The first-order valence-corrected chi connectivity index (χ1v) is 7.28. The Bertz CT molecular complexity index is 445. The quantitative estimate of drug-likeness (QED) is 0.782. The Balaban J connectivity index is 1.82. The van der Waals surface area contributed by atoms with Crippen LogP contribution in [0.4, 0.5) is 0 Å². The molecular formula is C16H21NO2. The van der Waals surface area contributed by atoms with E-state index in [1.165, 1.54) is 12.0 Å². The van der Waals surface area contributed by atoms with Crippen molar-refractivity contribution in [2.45, 2.75) is 38.3 Å².